The Bertz CT molecular complexity index is 743. The van der Waals surface area contributed by atoms with E-state index in [2.05, 4.69) is 0 Å². The second-order valence-electron chi connectivity index (χ2n) is 4.97. The van der Waals surface area contributed by atoms with Gasteiger partial charge in [0.25, 0.3) is 0 Å². The topological polar surface area (TPSA) is 52.6 Å². The summed E-state index contributed by atoms with van der Waals surface area (Å²) in [7, 11) is 1.58. The quantitative estimate of drug-likeness (QED) is 0.459. The van der Waals surface area contributed by atoms with Crippen molar-refractivity contribution in [2.45, 2.75) is 13.8 Å². The molecular formula is C18H18O4S. The minimum Gasteiger partial charge on any atom is -0.497 e. The minimum absolute atomic E-state index is 0.185. The van der Waals surface area contributed by atoms with Crippen LogP contribution in [-0.4, -0.2) is 25.5 Å². The summed E-state index contributed by atoms with van der Waals surface area (Å²) in [6, 6.07) is 9.11. The van der Waals surface area contributed by atoms with Gasteiger partial charge in [-0.2, -0.15) is 0 Å². The number of aryl methyl sites for hydroxylation is 2. The lowest BCUT2D eigenvalue weighted by molar-refractivity contribution is -0.136. The smallest absolute Gasteiger partial charge is 0.331 e. The summed E-state index contributed by atoms with van der Waals surface area (Å²) >= 11 is 1.56. The highest BCUT2D eigenvalue weighted by Crippen LogP contribution is 2.21. The van der Waals surface area contributed by atoms with E-state index in [4.69, 9.17) is 9.47 Å². The van der Waals surface area contributed by atoms with Crippen molar-refractivity contribution < 1.29 is 19.1 Å². The summed E-state index contributed by atoms with van der Waals surface area (Å²) in [6.07, 6.45) is 2.92. The number of rotatable bonds is 6. The number of carbonyl (C=O) groups is 2. The fourth-order valence-electron chi connectivity index (χ4n) is 2.08. The van der Waals surface area contributed by atoms with Gasteiger partial charge in [-0.1, -0.05) is 12.1 Å². The molecule has 120 valence electrons. The van der Waals surface area contributed by atoms with Gasteiger partial charge in [0.05, 0.1) is 7.11 Å². The van der Waals surface area contributed by atoms with Crippen molar-refractivity contribution in [3.05, 3.63) is 57.3 Å². The van der Waals surface area contributed by atoms with Gasteiger partial charge in [-0.05, 0) is 43.7 Å². The second kappa shape index (κ2) is 7.74. The van der Waals surface area contributed by atoms with E-state index >= 15 is 0 Å². The highest BCUT2D eigenvalue weighted by atomic mass is 32.1. The number of carbonyl (C=O) groups excluding carboxylic acids is 2. The second-order valence-corrected chi connectivity index (χ2v) is 6.43. The Labute approximate surface area is 139 Å². The number of hydrogen-bond donors (Lipinski definition) is 0. The lowest BCUT2D eigenvalue weighted by Crippen LogP contribution is -2.12. The van der Waals surface area contributed by atoms with E-state index in [-0.39, 0.29) is 12.4 Å². The summed E-state index contributed by atoms with van der Waals surface area (Å²) in [5.74, 6) is -0.0280. The molecule has 0 N–H and O–H groups in total. The van der Waals surface area contributed by atoms with Crippen molar-refractivity contribution in [3.8, 4) is 5.75 Å². The molecule has 0 spiro atoms. The van der Waals surface area contributed by atoms with Crippen molar-refractivity contribution in [2.24, 2.45) is 0 Å². The highest BCUT2D eigenvalue weighted by Gasteiger charge is 2.13. The maximum atomic E-state index is 12.0. The lowest BCUT2D eigenvalue weighted by Gasteiger charge is -2.02. The van der Waals surface area contributed by atoms with Crippen LogP contribution in [-0.2, 0) is 9.53 Å². The molecule has 2 rings (SSSR count). The molecule has 1 aromatic heterocycles. The minimum atomic E-state index is -0.550. The van der Waals surface area contributed by atoms with Crippen LogP contribution < -0.4 is 4.74 Å². The van der Waals surface area contributed by atoms with Gasteiger partial charge in [-0.15, -0.1) is 11.3 Å². The largest absolute Gasteiger partial charge is 0.497 e. The Morgan fingerprint density at radius 3 is 2.65 bits per heavy atom. The summed E-state index contributed by atoms with van der Waals surface area (Å²) in [6.45, 7) is 3.57. The molecule has 0 atom stereocenters. The van der Waals surface area contributed by atoms with Crippen molar-refractivity contribution in [1.29, 1.82) is 0 Å². The van der Waals surface area contributed by atoms with Crippen LogP contribution in [0.2, 0.25) is 0 Å². The summed E-state index contributed by atoms with van der Waals surface area (Å²) in [4.78, 5) is 25.7. The third kappa shape index (κ3) is 4.79. The molecule has 0 aliphatic carbocycles. The van der Waals surface area contributed by atoms with Crippen molar-refractivity contribution >= 4 is 29.2 Å². The Morgan fingerprint density at radius 2 is 2.00 bits per heavy atom. The molecule has 23 heavy (non-hydrogen) atoms. The molecule has 0 unspecified atom stereocenters. The van der Waals surface area contributed by atoms with E-state index < -0.39 is 5.97 Å². The first-order valence-corrected chi connectivity index (χ1v) is 7.90. The average molecular weight is 330 g/mol. The van der Waals surface area contributed by atoms with Crippen LogP contribution in [0.3, 0.4) is 0 Å². The van der Waals surface area contributed by atoms with Gasteiger partial charge < -0.3 is 9.47 Å². The number of ketones is 1. The molecule has 4 nitrogen and oxygen atoms in total. The number of ether oxygens (including phenoxy) is 2. The summed E-state index contributed by atoms with van der Waals surface area (Å²) in [5, 5.41) is 0. The molecule has 0 saturated carbocycles. The fraction of sp³-hybridized carbons (Fsp3) is 0.222. The first-order valence-electron chi connectivity index (χ1n) is 7.08. The van der Waals surface area contributed by atoms with E-state index in [0.717, 1.165) is 15.3 Å². The van der Waals surface area contributed by atoms with Crippen molar-refractivity contribution in [1.82, 2.24) is 0 Å². The molecule has 0 bridgehead atoms. The number of esters is 1. The number of methoxy groups -OCH3 is 1. The standard InChI is InChI=1S/C18H18O4S/c1-12-9-16(13(2)23-12)17(19)11-22-18(20)8-7-14-5-4-6-15(10-14)21-3/h4-10H,11H2,1-3H3/b8-7+. The van der Waals surface area contributed by atoms with Gasteiger partial charge in [-0.25, -0.2) is 4.79 Å². The first-order chi connectivity index (χ1) is 11.0. The molecule has 0 aliphatic rings. The number of benzene rings is 1. The van der Waals surface area contributed by atoms with Gasteiger partial charge in [0, 0.05) is 21.4 Å². The molecule has 1 aromatic carbocycles. The van der Waals surface area contributed by atoms with Crippen molar-refractivity contribution in [2.75, 3.05) is 13.7 Å². The molecule has 0 amide bonds. The van der Waals surface area contributed by atoms with Crippen molar-refractivity contribution in [3.63, 3.8) is 0 Å². The molecule has 2 aromatic rings. The molecule has 0 aliphatic heterocycles. The van der Waals surface area contributed by atoms with E-state index in [1.54, 1.807) is 30.6 Å². The molecule has 5 heteroatoms. The third-order valence-corrected chi connectivity index (χ3v) is 4.16. The van der Waals surface area contributed by atoms with Crippen LogP contribution >= 0.6 is 11.3 Å². The predicted molar refractivity (Wildman–Crippen MR) is 91.1 cm³/mol. The SMILES string of the molecule is COc1cccc(/C=C/C(=O)OCC(=O)c2cc(C)sc2C)c1. The lowest BCUT2D eigenvalue weighted by atomic mass is 10.2. The van der Waals surface area contributed by atoms with E-state index in [1.807, 2.05) is 38.1 Å². The van der Waals surface area contributed by atoms with E-state index in [1.165, 1.54) is 6.08 Å². The van der Waals surface area contributed by atoms with Crippen LogP contribution in [0.1, 0.15) is 25.7 Å². The van der Waals surface area contributed by atoms with E-state index in [9.17, 15) is 9.59 Å². The molecule has 1 heterocycles. The normalized spacial score (nSPS) is 10.7. The number of Topliss-reactive ketones (excluding diaryl/α,β-unsaturated/α-hetero) is 1. The Balaban J connectivity index is 1.90. The van der Waals surface area contributed by atoms with Crippen LogP contribution in [0.4, 0.5) is 0 Å². The first kappa shape index (κ1) is 17.0. The maximum Gasteiger partial charge on any atom is 0.331 e. The zero-order valence-electron chi connectivity index (χ0n) is 13.3. The fourth-order valence-corrected chi connectivity index (χ4v) is 3.02. The Hall–Kier alpha value is -2.40. The molecular weight excluding hydrogens is 312 g/mol. The van der Waals surface area contributed by atoms with E-state index in [0.29, 0.717) is 11.3 Å². The molecule has 0 fully saturated rings. The predicted octanol–water partition coefficient (Wildman–Crippen LogP) is 3.81. The summed E-state index contributed by atoms with van der Waals surface area (Å²) in [5.41, 5.74) is 1.44. The van der Waals surface area contributed by atoms with Crippen LogP contribution in [0, 0.1) is 13.8 Å². The van der Waals surface area contributed by atoms with Gasteiger partial charge in [0.1, 0.15) is 5.75 Å². The monoisotopic (exact) mass is 330 g/mol. The highest BCUT2D eigenvalue weighted by molar-refractivity contribution is 7.12. The maximum absolute atomic E-state index is 12.0. The number of hydrogen-bond acceptors (Lipinski definition) is 5. The summed E-state index contributed by atoms with van der Waals surface area (Å²) < 4.78 is 10.1. The Kier molecular flexibility index (Phi) is 5.71. The molecule has 0 radical (unpaired) electrons. The zero-order chi connectivity index (χ0) is 16.8. The van der Waals surface area contributed by atoms with Gasteiger partial charge in [0.2, 0.25) is 5.78 Å². The zero-order valence-corrected chi connectivity index (χ0v) is 14.1. The Morgan fingerprint density at radius 1 is 1.22 bits per heavy atom. The van der Waals surface area contributed by atoms with Gasteiger partial charge >= 0.3 is 5.97 Å². The van der Waals surface area contributed by atoms with Crippen LogP contribution in [0.25, 0.3) is 6.08 Å². The van der Waals surface area contributed by atoms with Gasteiger partial charge in [-0.3, -0.25) is 4.79 Å². The average Bonchev–Trinajstić information content (AvgIpc) is 2.89. The third-order valence-electron chi connectivity index (χ3n) is 3.19. The number of thiophene rings is 1. The van der Waals surface area contributed by atoms with Crippen LogP contribution in [0.5, 0.6) is 5.75 Å². The van der Waals surface area contributed by atoms with Gasteiger partial charge in [0.15, 0.2) is 6.61 Å². The molecule has 0 saturated heterocycles. The van der Waals surface area contributed by atoms with Crippen LogP contribution in [0.15, 0.2) is 36.4 Å².